The van der Waals surface area contributed by atoms with Crippen molar-refractivity contribution in [1.29, 1.82) is 0 Å². The van der Waals surface area contributed by atoms with Crippen LogP contribution in [0.15, 0.2) is 42.5 Å². The fourth-order valence-electron chi connectivity index (χ4n) is 3.12. The Hall–Kier alpha value is -2.41. The Bertz CT molecular complexity index is 833. The third-order valence-corrected chi connectivity index (χ3v) is 5.03. The summed E-state index contributed by atoms with van der Waals surface area (Å²) in [7, 11) is 0. The highest BCUT2D eigenvalue weighted by Crippen LogP contribution is 2.34. The summed E-state index contributed by atoms with van der Waals surface area (Å²) < 4.78 is 39.2. The van der Waals surface area contributed by atoms with Gasteiger partial charge in [-0.25, -0.2) is 4.79 Å². The van der Waals surface area contributed by atoms with Gasteiger partial charge in [0, 0.05) is 36.9 Å². The van der Waals surface area contributed by atoms with Gasteiger partial charge in [0.05, 0.1) is 11.3 Å². The van der Waals surface area contributed by atoms with Gasteiger partial charge in [0.1, 0.15) is 0 Å². The molecule has 4 nitrogen and oxygen atoms in total. The number of carbonyl (C=O) groups excluding carboxylic acids is 1. The van der Waals surface area contributed by atoms with Crippen LogP contribution in [-0.2, 0) is 6.18 Å². The molecule has 0 unspecified atom stereocenters. The molecule has 0 aliphatic carbocycles. The Kier molecular flexibility index (Phi) is 5.51. The highest BCUT2D eigenvalue weighted by Gasteiger charge is 2.34. The molecule has 1 heterocycles. The van der Waals surface area contributed by atoms with Crippen LogP contribution in [-0.4, -0.2) is 37.1 Å². The van der Waals surface area contributed by atoms with Gasteiger partial charge in [0.25, 0.3) is 0 Å². The molecule has 1 aliphatic heterocycles. The van der Waals surface area contributed by atoms with Crippen molar-refractivity contribution in [2.24, 2.45) is 0 Å². The van der Waals surface area contributed by atoms with E-state index in [-0.39, 0.29) is 5.69 Å². The van der Waals surface area contributed by atoms with Crippen LogP contribution >= 0.6 is 11.6 Å². The van der Waals surface area contributed by atoms with Gasteiger partial charge in [-0.2, -0.15) is 13.2 Å². The van der Waals surface area contributed by atoms with E-state index >= 15 is 0 Å². The van der Waals surface area contributed by atoms with Crippen molar-refractivity contribution in [3.05, 3.63) is 58.6 Å². The van der Waals surface area contributed by atoms with E-state index in [0.29, 0.717) is 31.2 Å². The van der Waals surface area contributed by atoms with Gasteiger partial charge >= 0.3 is 12.2 Å². The van der Waals surface area contributed by atoms with Gasteiger partial charge in [-0.15, -0.1) is 0 Å². The summed E-state index contributed by atoms with van der Waals surface area (Å²) >= 11 is 6.16. The number of anilines is 2. The van der Waals surface area contributed by atoms with Gasteiger partial charge in [-0.3, -0.25) is 0 Å². The number of alkyl halides is 3. The van der Waals surface area contributed by atoms with Crippen molar-refractivity contribution in [2.75, 3.05) is 36.4 Å². The molecule has 1 aliphatic rings. The van der Waals surface area contributed by atoms with Crippen LogP contribution < -0.4 is 10.2 Å². The Morgan fingerprint density at radius 1 is 1.04 bits per heavy atom. The lowest BCUT2D eigenvalue weighted by atomic mass is 10.1. The molecule has 2 amide bonds. The SMILES string of the molecule is Cc1c(Cl)cccc1N1CCN(C(=O)Nc2ccccc2C(F)(F)F)CC1. The minimum absolute atomic E-state index is 0.233. The molecule has 27 heavy (non-hydrogen) atoms. The van der Waals surface area contributed by atoms with Crippen LogP contribution in [0.4, 0.5) is 29.3 Å². The third-order valence-electron chi connectivity index (χ3n) is 4.62. The van der Waals surface area contributed by atoms with E-state index in [0.717, 1.165) is 17.3 Å². The molecule has 0 saturated carbocycles. The normalized spacial score (nSPS) is 15.0. The number of amides is 2. The van der Waals surface area contributed by atoms with E-state index in [1.165, 1.54) is 23.1 Å². The van der Waals surface area contributed by atoms with Crippen LogP contribution in [0.3, 0.4) is 0 Å². The Morgan fingerprint density at radius 3 is 2.37 bits per heavy atom. The number of nitrogens with one attached hydrogen (secondary N) is 1. The summed E-state index contributed by atoms with van der Waals surface area (Å²) in [6.07, 6.45) is -4.52. The summed E-state index contributed by atoms with van der Waals surface area (Å²) in [5.41, 5.74) is 0.885. The van der Waals surface area contributed by atoms with E-state index in [2.05, 4.69) is 10.2 Å². The number of carbonyl (C=O) groups is 1. The first-order valence-corrected chi connectivity index (χ1v) is 8.87. The number of para-hydroxylation sites is 1. The Balaban J connectivity index is 1.65. The number of nitrogens with zero attached hydrogens (tertiary/aromatic N) is 2. The molecule has 0 bridgehead atoms. The zero-order valence-electron chi connectivity index (χ0n) is 14.7. The molecule has 1 N–H and O–H groups in total. The van der Waals surface area contributed by atoms with Crippen LogP contribution in [0.5, 0.6) is 0 Å². The molecule has 0 aromatic heterocycles. The second-order valence-electron chi connectivity index (χ2n) is 6.33. The number of urea groups is 1. The maximum Gasteiger partial charge on any atom is 0.418 e. The van der Waals surface area contributed by atoms with Crippen molar-refractivity contribution in [3.63, 3.8) is 0 Å². The molecule has 8 heteroatoms. The highest BCUT2D eigenvalue weighted by atomic mass is 35.5. The Labute approximate surface area is 160 Å². The first kappa shape index (κ1) is 19.4. The third kappa shape index (κ3) is 4.30. The van der Waals surface area contributed by atoms with Crippen LogP contribution in [0.25, 0.3) is 0 Å². The molecule has 0 atom stereocenters. The van der Waals surface area contributed by atoms with E-state index in [1.807, 2.05) is 25.1 Å². The Morgan fingerprint density at radius 2 is 1.70 bits per heavy atom. The zero-order valence-corrected chi connectivity index (χ0v) is 15.4. The monoisotopic (exact) mass is 397 g/mol. The lowest BCUT2D eigenvalue weighted by Gasteiger charge is -2.37. The molecular formula is C19H19ClF3N3O. The maximum absolute atomic E-state index is 13.1. The number of hydrogen-bond donors (Lipinski definition) is 1. The number of hydrogen-bond acceptors (Lipinski definition) is 2. The molecule has 2 aromatic rings. The average molecular weight is 398 g/mol. The van der Waals surface area contributed by atoms with Gasteiger partial charge < -0.3 is 15.1 Å². The number of piperazine rings is 1. The highest BCUT2D eigenvalue weighted by molar-refractivity contribution is 6.31. The van der Waals surface area contributed by atoms with Gasteiger partial charge in [-0.05, 0) is 36.8 Å². The van der Waals surface area contributed by atoms with E-state index in [9.17, 15) is 18.0 Å². The van der Waals surface area contributed by atoms with E-state index < -0.39 is 17.8 Å². The van der Waals surface area contributed by atoms with Crippen molar-refractivity contribution in [1.82, 2.24) is 4.90 Å². The molecule has 3 rings (SSSR count). The maximum atomic E-state index is 13.1. The fraction of sp³-hybridized carbons (Fsp3) is 0.316. The van der Waals surface area contributed by atoms with Crippen molar-refractivity contribution in [3.8, 4) is 0 Å². The van der Waals surface area contributed by atoms with Gasteiger partial charge in [0.2, 0.25) is 0 Å². The largest absolute Gasteiger partial charge is 0.418 e. The average Bonchev–Trinajstić information content (AvgIpc) is 2.64. The van der Waals surface area contributed by atoms with Gasteiger partial charge in [0.15, 0.2) is 0 Å². The standard InChI is InChI=1S/C19H19ClF3N3O/c1-13-15(20)6-4-8-17(13)25-9-11-26(12-10-25)18(27)24-16-7-3-2-5-14(16)19(21,22)23/h2-8H,9-12H2,1H3,(H,24,27). The topological polar surface area (TPSA) is 35.6 Å². The minimum Gasteiger partial charge on any atom is -0.368 e. The van der Waals surface area contributed by atoms with Gasteiger partial charge in [-0.1, -0.05) is 29.8 Å². The van der Waals surface area contributed by atoms with Crippen LogP contribution in [0.1, 0.15) is 11.1 Å². The molecule has 1 saturated heterocycles. The van der Waals surface area contributed by atoms with E-state index in [4.69, 9.17) is 11.6 Å². The van der Waals surface area contributed by atoms with Crippen LogP contribution in [0, 0.1) is 6.92 Å². The van der Waals surface area contributed by atoms with Crippen molar-refractivity contribution < 1.29 is 18.0 Å². The second-order valence-corrected chi connectivity index (χ2v) is 6.74. The fourth-order valence-corrected chi connectivity index (χ4v) is 3.29. The smallest absolute Gasteiger partial charge is 0.368 e. The predicted molar refractivity (Wildman–Crippen MR) is 100 cm³/mol. The first-order valence-electron chi connectivity index (χ1n) is 8.49. The first-order chi connectivity index (χ1) is 12.8. The lowest BCUT2D eigenvalue weighted by Crippen LogP contribution is -2.50. The summed E-state index contributed by atoms with van der Waals surface area (Å²) in [5, 5.41) is 3.07. The summed E-state index contributed by atoms with van der Waals surface area (Å²) in [6, 6.07) is 10.1. The number of benzene rings is 2. The van der Waals surface area contributed by atoms with E-state index in [1.54, 1.807) is 0 Å². The number of rotatable bonds is 2. The van der Waals surface area contributed by atoms with Crippen LogP contribution in [0.2, 0.25) is 5.02 Å². The second kappa shape index (κ2) is 7.68. The molecular weight excluding hydrogens is 379 g/mol. The quantitative estimate of drug-likeness (QED) is 0.772. The number of halogens is 4. The summed E-state index contributed by atoms with van der Waals surface area (Å²) in [4.78, 5) is 16.1. The summed E-state index contributed by atoms with van der Waals surface area (Å²) in [6.45, 7) is 3.91. The lowest BCUT2D eigenvalue weighted by molar-refractivity contribution is -0.136. The summed E-state index contributed by atoms with van der Waals surface area (Å²) in [5.74, 6) is 0. The molecule has 144 valence electrons. The zero-order chi connectivity index (χ0) is 19.6. The molecule has 1 fully saturated rings. The predicted octanol–water partition coefficient (Wildman–Crippen LogP) is 5.02. The molecule has 2 aromatic carbocycles. The molecule has 0 radical (unpaired) electrons. The molecule has 0 spiro atoms. The van der Waals surface area contributed by atoms with Crippen molar-refractivity contribution >= 4 is 29.0 Å². The minimum atomic E-state index is -4.52. The van der Waals surface area contributed by atoms with Crippen molar-refractivity contribution in [2.45, 2.75) is 13.1 Å².